The lowest BCUT2D eigenvalue weighted by molar-refractivity contribution is 1.21. The lowest BCUT2D eigenvalue weighted by atomic mass is 10.0. The van der Waals surface area contributed by atoms with E-state index in [-0.39, 0.29) is 0 Å². The molecule has 0 fully saturated rings. The first-order chi connectivity index (χ1) is 8.34. The van der Waals surface area contributed by atoms with Gasteiger partial charge in [0.05, 0.1) is 5.69 Å². The Kier molecular flexibility index (Phi) is 2.37. The number of fused-ring (bicyclic) bond motifs is 1. The van der Waals surface area contributed by atoms with Crippen molar-refractivity contribution in [3.8, 4) is 11.3 Å². The second-order valence-corrected chi connectivity index (χ2v) is 4.19. The molecule has 17 heavy (non-hydrogen) atoms. The van der Waals surface area contributed by atoms with E-state index < -0.39 is 0 Å². The van der Waals surface area contributed by atoms with E-state index in [0.29, 0.717) is 0 Å². The van der Waals surface area contributed by atoms with Crippen molar-refractivity contribution in [2.24, 2.45) is 0 Å². The van der Waals surface area contributed by atoms with Crippen LogP contribution in [-0.4, -0.2) is 4.98 Å². The normalized spacial score (nSPS) is 10.6. The number of hydrogen-bond acceptors (Lipinski definition) is 1. The van der Waals surface area contributed by atoms with Crippen LogP contribution >= 0.6 is 0 Å². The van der Waals surface area contributed by atoms with Gasteiger partial charge >= 0.3 is 0 Å². The first-order valence-electron chi connectivity index (χ1n) is 5.76. The topological polar surface area (TPSA) is 12.9 Å². The number of hydrogen-bond donors (Lipinski definition) is 0. The van der Waals surface area contributed by atoms with Gasteiger partial charge in [-0.05, 0) is 29.8 Å². The Balaban J connectivity index is 2.30. The molecule has 1 nitrogen and oxygen atoms in total. The molecule has 0 atom stereocenters. The smallest absolute Gasteiger partial charge is 0.0711 e. The summed E-state index contributed by atoms with van der Waals surface area (Å²) in [7, 11) is 0. The van der Waals surface area contributed by atoms with E-state index in [1.807, 2.05) is 13.0 Å². The molecule has 0 aliphatic heterocycles. The molecule has 0 saturated heterocycles. The van der Waals surface area contributed by atoms with Crippen LogP contribution in [0.25, 0.3) is 22.0 Å². The Hall–Kier alpha value is -2.15. The second kappa shape index (κ2) is 4.02. The van der Waals surface area contributed by atoms with Gasteiger partial charge in [0.15, 0.2) is 0 Å². The largest absolute Gasteiger partial charge is 0.253 e. The maximum absolute atomic E-state index is 4.59. The van der Waals surface area contributed by atoms with Crippen LogP contribution in [0.1, 0.15) is 5.69 Å². The SMILES string of the molecule is Cc1cccc(-c2cccc3ccccc23)n1. The summed E-state index contributed by atoms with van der Waals surface area (Å²) < 4.78 is 0. The van der Waals surface area contributed by atoms with Gasteiger partial charge in [-0.2, -0.15) is 0 Å². The molecule has 0 N–H and O–H groups in total. The van der Waals surface area contributed by atoms with Crippen LogP contribution in [0.4, 0.5) is 0 Å². The molecule has 2 aromatic carbocycles. The average Bonchev–Trinajstić information content (AvgIpc) is 2.38. The van der Waals surface area contributed by atoms with Crippen LogP contribution in [0.2, 0.25) is 0 Å². The van der Waals surface area contributed by atoms with Crippen molar-refractivity contribution >= 4 is 10.8 Å². The molecule has 0 unspecified atom stereocenters. The van der Waals surface area contributed by atoms with Crippen molar-refractivity contribution < 1.29 is 0 Å². The van der Waals surface area contributed by atoms with Crippen molar-refractivity contribution in [2.45, 2.75) is 6.92 Å². The third kappa shape index (κ3) is 1.80. The zero-order valence-electron chi connectivity index (χ0n) is 9.72. The molecule has 0 aliphatic carbocycles. The van der Waals surface area contributed by atoms with Crippen LogP contribution in [0, 0.1) is 6.92 Å². The van der Waals surface area contributed by atoms with Crippen molar-refractivity contribution in [2.75, 3.05) is 0 Å². The zero-order valence-corrected chi connectivity index (χ0v) is 9.72. The van der Waals surface area contributed by atoms with E-state index in [2.05, 4.69) is 59.6 Å². The molecular weight excluding hydrogens is 206 g/mol. The van der Waals surface area contributed by atoms with Gasteiger partial charge in [-0.3, -0.25) is 4.98 Å². The monoisotopic (exact) mass is 219 g/mol. The molecule has 82 valence electrons. The summed E-state index contributed by atoms with van der Waals surface area (Å²) in [4.78, 5) is 4.59. The molecule has 1 heteroatoms. The van der Waals surface area contributed by atoms with E-state index in [9.17, 15) is 0 Å². The van der Waals surface area contributed by atoms with Crippen molar-refractivity contribution in [1.82, 2.24) is 4.98 Å². The Morgan fingerprint density at radius 2 is 1.53 bits per heavy atom. The van der Waals surface area contributed by atoms with E-state index in [0.717, 1.165) is 11.4 Å². The molecule has 0 radical (unpaired) electrons. The molecule has 1 heterocycles. The fourth-order valence-electron chi connectivity index (χ4n) is 2.14. The number of rotatable bonds is 1. The summed E-state index contributed by atoms with van der Waals surface area (Å²) in [6, 6.07) is 20.9. The molecule has 0 amide bonds. The van der Waals surface area contributed by atoms with Crippen molar-refractivity contribution in [1.29, 1.82) is 0 Å². The van der Waals surface area contributed by atoms with Crippen LogP contribution in [0.5, 0.6) is 0 Å². The Labute approximate surface area is 101 Å². The zero-order chi connectivity index (χ0) is 11.7. The first-order valence-corrected chi connectivity index (χ1v) is 5.76. The Morgan fingerprint density at radius 3 is 2.41 bits per heavy atom. The summed E-state index contributed by atoms with van der Waals surface area (Å²) in [6.45, 7) is 2.02. The van der Waals surface area contributed by atoms with Crippen molar-refractivity contribution in [3.63, 3.8) is 0 Å². The molecular formula is C16H13N. The van der Waals surface area contributed by atoms with E-state index >= 15 is 0 Å². The summed E-state index contributed by atoms with van der Waals surface area (Å²) in [6.07, 6.45) is 0. The van der Waals surface area contributed by atoms with Crippen molar-refractivity contribution in [3.05, 3.63) is 66.4 Å². The molecule has 0 saturated carbocycles. The summed E-state index contributed by atoms with van der Waals surface area (Å²) in [5.41, 5.74) is 3.30. The highest BCUT2D eigenvalue weighted by molar-refractivity contribution is 5.95. The quantitative estimate of drug-likeness (QED) is 0.597. The van der Waals surface area contributed by atoms with Gasteiger partial charge in [0.25, 0.3) is 0 Å². The molecule has 1 aromatic heterocycles. The van der Waals surface area contributed by atoms with Crippen LogP contribution < -0.4 is 0 Å². The number of nitrogens with zero attached hydrogens (tertiary/aromatic N) is 1. The molecule has 0 aliphatic rings. The van der Waals surface area contributed by atoms with E-state index in [1.54, 1.807) is 0 Å². The minimum Gasteiger partial charge on any atom is -0.253 e. The molecule has 0 spiro atoms. The molecule has 3 rings (SSSR count). The summed E-state index contributed by atoms with van der Waals surface area (Å²) >= 11 is 0. The third-order valence-electron chi connectivity index (χ3n) is 2.95. The first kappa shape index (κ1) is 10.0. The predicted octanol–water partition coefficient (Wildman–Crippen LogP) is 4.21. The predicted molar refractivity (Wildman–Crippen MR) is 71.9 cm³/mol. The van der Waals surface area contributed by atoms with Gasteiger partial charge in [-0.25, -0.2) is 0 Å². The minimum atomic E-state index is 1.04. The van der Waals surface area contributed by atoms with Crippen LogP contribution in [0.3, 0.4) is 0 Å². The standard InChI is InChI=1S/C16H13N/c1-12-6-4-11-16(17-12)15-10-5-8-13-7-2-3-9-14(13)15/h2-11H,1H3. The highest BCUT2D eigenvalue weighted by Crippen LogP contribution is 2.26. The number of aryl methyl sites for hydroxylation is 1. The molecule has 0 bridgehead atoms. The highest BCUT2D eigenvalue weighted by atomic mass is 14.7. The van der Waals surface area contributed by atoms with Gasteiger partial charge in [0, 0.05) is 11.3 Å². The van der Waals surface area contributed by atoms with Gasteiger partial charge in [-0.1, -0.05) is 48.5 Å². The maximum Gasteiger partial charge on any atom is 0.0711 e. The fourth-order valence-corrected chi connectivity index (χ4v) is 2.14. The summed E-state index contributed by atoms with van der Waals surface area (Å²) in [5.74, 6) is 0. The maximum atomic E-state index is 4.59. The van der Waals surface area contributed by atoms with E-state index in [1.165, 1.54) is 16.3 Å². The van der Waals surface area contributed by atoms with Gasteiger partial charge in [0.2, 0.25) is 0 Å². The lowest BCUT2D eigenvalue weighted by Crippen LogP contribution is -1.87. The Bertz CT molecular complexity index is 666. The average molecular weight is 219 g/mol. The van der Waals surface area contributed by atoms with Crippen LogP contribution in [-0.2, 0) is 0 Å². The number of benzene rings is 2. The Morgan fingerprint density at radius 1 is 0.765 bits per heavy atom. The summed E-state index contributed by atoms with van der Waals surface area (Å²) in [5, 5.41) is 2.52. The number of aromatic nitrogens is 1. The van der Waals surface area contributed by atoms with Gasteiger partial charge < -0.3 is 0 Å². The highest BCUT2D eigenvalue weighted by Gasteiger charge is 2.03. The van der Waals surface area contributed by atoms with E-state index in [4.69, 9.17) is 0 Å². The lowest BCUT2D eigenvalue weighted by Gasteiger charge is -2.06. The minimum absolute atomic E-state index is 1.04. The van der Waals surface area contributed by atoms with Crippen LogP contribution in [0.15, 0.2) is 60.7 Å². The third-order valence-corrected chi connectivity index (χ3v) is 2.95. The second-order valence-electron chi connectivity index (χ2n) is 4.19. The molecule has 3 aromatic rings. The van der Waals surface area contributed by atoms with Gasteiger partial charge in [0.1, 0.15) is 0 Å². The fraction of sp³-hybridized carbons (Fsp3) is 0.0625. The van der Waals surface area contributed by atoms with Gasteiger partial charge in [-0.15, -0.1) is 0 Å². The number of pyridine rings is 1.